The van der Waals surface area contributed by atoms with Crippen LogP contribution in [0.5, 0.6) is 0 Å². The summed E-state index contributed by atoms with van der Waals surface area (Å²) in [6.45, 7) is 2.71. The summed E-state index contributed by atoms with van der Waals surface area (Å²) in [5, 5.41) is 2.88. The lowest BCUT2D eigenvalue weighted by molar-refractivity contribution is 0.0767. The zero-order chi connectivity index (χ0) is 21.8. The molecule has 1 saturated heterocycles. The summed E-state index contributed by atoms with van der Waals surface area (Å²) in [6.07, 6.45) is 2.59. The second kappa shape index (κ2) is 9.03. The van der Waals surface area contributed by atoms with Gasteiger partial charge >= 0.3 is 0 Å². The minimum atomic E-state index is -3.97. The lowest BCUT2D eigenvalue weighted by Gasteiger charge is -2.22. The van der Waals surface area contributed by atoms with Crippen molar-refractivity contribution in [2.45, 2.75) is 11.3 Å². The molecule has 1 aromatic heterocycles. The van der Waals surface area contributed by atoms with Crippen molar-refractivity contribution in [2.24, 2.45) is 0 Å². The number of nitrogens with zero attached hydrogens (tertiary/aromatic N) is 3. The number of aromatic nitrogens is 1. The summed E-state index contributed by atoms with van der Waals surface area (Å²) in [6, 6.07) is 11.2. The minimum absolute atomic E-state index is 0.0434. The van der Waals surface area contributed by atoms with Gasteiger partial charge in [-0.15, -0.1) is 11.3 Å². The molecule has 0 atom stereocenters. The van der Waals surface area contributed by atoms with Gasteiger partial charge in [-0.1, -0.05) is 12.1 Å². The van der Waals surface area contributed by atoms with Gasteiger partial charge in [-0.05, 0) is 42.8 Å². The zero-order valence-corrected chi connectivity index (χ0v) is 18.2. The van der Waals surface area contributed by atoms with Gasteiger partial charge in [-0.25, -0.2) is 17.8 Å². The number of sulfonamides is 1. The molecule has 7 nitrogen and oxygen atoms in total. The molecule has 4 rings (SSSR count). The lowest BCUT2D eigenvalue weighted by atomic mass is 10.2. The van der Waals surface area contributed by atoms with Gasteiger partial charge in [-0.2, -0.15) is 0 Å². The van der Waals surface area contributed by atoms with Crippen LogP contribution in [-0.2, 0) is 10.0 Å². The van der Waals surface area contributed by atoms with E-state index in [9.17, 15) is 17.6 Å². The average molecular weight is 461 g/mol. The summed E-state index contributed by atoms with van der Waals surface area (Å²) < 4.78 is 41.1. The van der Waals surface area contributed by atoms with E-state index in [1.165, 1.54) is 42.5 Å². The topological polar surface area (TPSA) is 82.6 Å². The van der Waals surface area contributed by atoms with Gasteiger partial charge in [0, 0.05) is 43.3 Å². The number of para-hydroxylation sites is 1. The maximum absolute atomic E-state index is 13.8. The number of hydrogen-bond acceptors (Lipinski definition) is 6. The van der Waals surface area contributed by atoms with Crippen LogP contribution in [-0.4, -0.2) is 50.4 Å². The van der Waals surface area contributed by atoms with Crippen LogP contribution < -0.4 is 9.62 Å². The van der Waals surface area contributed by atoms with Gasteiger partial charge in [-0.3, -0.25) is 9.52 Å². The summed E-state index contributed by atoms with van der Waals surface area (Å²) in [7, 11) is -3.97. The van der Waals surface area contributed by atoms with E-state index in [1.807, 2.05) is 5.38 Å². The Hall–Kier alpha value is -2.98. The number of nitrogens with one attached hydrogen (secondary N) is 1. The van der Waals surface area contributed by atoms with Gasteiger partial charge < -0.3 is 9.80 Å². The fraction of sp³-hybridized carbons (Fsp3) is 0.238. The van der Waals surface area contributed by atoms with E-state index < -0.39 is 15.8 Å². The Balaban J connectivity index is 1.44. The third-order valence-electron chi connectivity index (χ3n) is 5.00. The van der Waals surface area contributed by atoms with Gasteiger partial charge in [0.1, 0.15) is 5.82 Å². The molecule has 1 N–H and O–H groups in total. The molecule has 2 aromatic carbocycles. The molecule has 1 fully saturated rings. The molecule has 1 amide bonds. The number of carbonyl (C=O) groups is 1. The molecule has 1 aliphatic heterocycles. The first-order valence-electron chi connectivity index (χ1n) is 9.75. The van der Waals surface area contributed by atoms with Crippen molar-refractivity contribution < 1.29 is 17.6 Å². The number of anilines is 2. The molecule has 0 bridgehead atoms. The van der Waals surface area contributed by atoms with Crippen LogP contribution in [0.2, 0.25) is 0 Å². The predicted octanol–water partition coefficient (Wildman–Crippen LogP) is 3.44. The molecule has 0 aliphatic carbocycles. The summed E-state index contributed by atoms with van der Waals surface area (Å²) in [5.74, 6) is -0.808. The van der Waals surface area contributed by atoms with Gasteiger partial charge in [0.25, 0.3) is 15.9 Å². The first kappa shape index (κ1) is 21.3. The van der Waals surface area contributed by atoms with Crippen molar-refractivity contribution in [3.8, 4) is 0 Å². The Morgan fingerprint density at radius 2 is 1.81 bits per heavy atom. The van der Waals surface area contributed by atoms with Crippen LogP contribution in [0.4, 0.5) is 15.2 Å². The molecular formula is C21H21FN4O3S2. The number of amides is 1. The van der Waals surface area contributed by atoms with E-state index in [-0.39, 0.29) is 16.5 Å². The normalized spacial score (nSPS) is 14.9. The van der Waals surface area contributed by atoms with E-state index in [0.29, 0.717) is 25.2 Å². The van der Waals surface area contributed by atoms with Crippen LogP contribution in [0.1, 0.15) is 16.8 Å². The van der Waals surface area contributed by atoms with E-state index in [0.717, 1.165) is 18.1 Å². The summed E-state index contributed by atoms with van der Waals surface area (Å²) in [5.41, 5.74) is 0.282. The number of rotatable bonds is 5. The quantitative estimate of drug-likeness (QED) is 0.631. The third-order valence-corrected chi connectivity index (χ3v) is 7.22. The van der Waals surface area contributed by atoms with Crippen molar-refractivity contribution in [2.75, 3.05) is 35.8 Å². The first-order valence-corrected chi connectivity index (χ1v) is 12.1. The van der Waals surface area contributed by atoms with E-state index >= 15 is 0 Å². The van der Waals surface area contributed by atoms with Gasteiger partial charge in [0.15, 0.2) is 5.13 Å². The molecule has 0 radical (unpaired) electrons. The number of carbonyl (C=O) groups excluding carboxylic acids is 1. The molecule has 31 heavy (non-hydrogen) atoms. The smallest absolute Gasteiger partial charge is 0.261 e. The van der Waals surface area contributed by atoms with E-state index in [1.54, 1.807) is 28.5 Å². The highest BCUT2D eigenvalue weighted by molar-refractivity contribution is 7.92. The minimum Gasteiger partial charge on any atom is -0.346 e. The van der Waals surface area contributed by atoms with E-state index in [4.69, 9.17) is 0 Å². The van der Waals surface area contributed by atoms with Gasteiger partial charge in [0.2, 0.25) is 0 Å². The second-order valence-corrected chi connectivity index (χ2v) is 9.61. The number of hydrogen-bond donors (Lipinski definition) is 1. The summed E-state index contributed by atoms with van der Waals surface area (Å²) >= 11 is 1.57. The molecular weight excluding hydrogens is 439 g/mol. The monoisotopic (exact) mass is 460 g/mol. The Bertz CT molecular complexity index is 1150. The first-order chi connectivity index (χ1) is 14.9. The second-order valence-electron chi connectivity index (χ2n) is 7.06. The van der Waals surface area contributed by atoms with Crippen molar-refractivity contribution in [3.63, 3.8) is 0 Å². The fourth-order valence-corrected chi connectivity index (χ4v) is 5.15. The van der Waals surface area contributed by atoms with Crippen LogP contribution in [0.3, 0.4) is 0 Å². The Morgan fingerprint density at radius 3 is 2.52 bits per heavy atom. The largest absolute Gasteiger partial charge is 0.346 e. The zero-order valence-electron chi connectivity index (χ0n) is 16.6. The fourth-order valence-electron chi connectivity index (χ4n) is 3.39. The molecule has 162 valence electrons. The number of thiazole rings is 1. The Morgan fingerprint density at radius 1 is 1.03 bits per heavy atom. The molecule has 0 unspecified atom stereocenters. The van der Waals surface area contributed by atoms with Crippen molar-refractivity contribution in [3.05, 3.63) is 71.5 Å². The molecule has 10 heteroatoms. The highest BCUT2D eigenvalue weighted by Gasteiger charge is 2.22. The molecule has 1 aliphatic rings. The van der Waals surface area contributed by atoms with Crippen molar-refractivity contribution in [1.82, 2.24) is 9.88 Å². The Kier molecular flexibility index (Phi) is 6.19. The van der Waals surface area contributed by atoms with E-state index in [2.05, 4.69) is 14.6 Å². The van der Waals surface area contributed by atoms with Gasteiger partial charge in [0.05, 0.1) is 10.6 Å². The predicted molar refractivity (Wildman–Crippen MR) is 118 cm³/mol. The van der Waals surface area contributed by atoms with Crippen LogP contribution in [0, 0.1) is 5.82 Å². The molecule has 0 spiro atoms. The average Bonchev–Trinajstić information content (AvgIpc) is 3.19. The lowest BCUT2D eigenvalue weighted by Crippen LogP contribution is -2.35. The highest BCUT2D eigenvalue weighted by atomic mass is 32.2. The van der Waals surface area contributed by atoms with Crippen LogP contribution >= 0.6 is 11.3 Å². The molecule has 2 heterocycles. The number of benzene rings is 2. The maximum Gasteiger partial charge on any atom is 0.261 e. The SMILES string of the molecule is O=C(c1ccc(S(=O)(=O)Nc2ccccc2F)cc1)N1CCCN(c2nccs2)CC1. The summed E-state index contributed by atoms with van der Waals surface area (Å²) in [4.78, 5) is 21.2. The van der Waals surface area contributed by atoms with Crippen LogP contribution in [0.25, 0.3) is 0 Å². The van der Waals surface area contributed by atoms with Crippen molar-refractivity contribution in [1.29, 1.82) is 0 Å². The molecule has 0 saturated carbocycles. The molecule has 3 aromatic rings. The maximum atomic E-state index is 13.8. The third kappa shape index (κ3) is 4.86. The number of halogens is 1. The standard InChI is InChI=1S/C21H21FN4O3S2/c22-18-4-1-2-5-19(18)24-31(28,29)17-8-6-16(7-9-17)20(27)25-11-3-12-26(14-13-25)21-23-10-15-30-21/h1-2,4-10,15,24H,3,11-14H2. The highest BCUT2D eigenvalue weighted by Crippen LogP contribution is 2.21. The van der Waals surface area contributed by atoms with Crippen molar-refractivity contribution >= 4 is 38.1 Å². The Labute approximate surface area is 184 Å². The van der Waals surface area contributed by atoms with Crippen LogP contribution in [0.15, 0.2) is 65.0 Å².